The predicted molar refractivity (Wildman–Crippen MR) is 81.7 cm³/mol. The van der Waals surface area contributed by atoms with Crippen LogP contribution in [-0.4, -0.2) is 35.9 Å². The summed E-state index contributed by atoms with van der Waals surface area (Å²) in [5.41, 5.74) is -0.708. The minimum absolute atomic E-state index is 0.180. The number of amides is 2. The molecule has 2 rings (SSSR count). The first-order chi connectivity index (χ1) is 9.97. The third-order valence-corrected chi connectivity index (χ3v) is 3.78. The minimum Gasteiger partial charge on any atom is -0.489 e. The number of halogens is 1. The molecule has 1 aromatic rings. The van der Waals surface area contributed by atoms with Crippen molar-refractivity contribution in [2.24, 2.45) is 0 Å². The smallest absolute Gasteiger partial charge is 0.315 e. The molecule has 0 saturated heterocycles. The van der Waals surface area contributed by atoms with Crippen LogP contribution in [0.2, 0.25) is 5.02 Å². The molecule has 0 aromatic heterocycles. The van der Waals surface area contributed by atoms with Crippen LogP contribution in [0.25, 0.3) is 0 Å². The Kier molecular flexibility index (Phi) is 5.31. The number of hydrogen-bond donors (Lipinski definition) is 3. The Morgan fingerprint density at radius 3 is 2.86 bits per heavy atom. The second-order valence-corrected chi connectivity index (χ2v) is 5.96. The summed E-state index contributed by atoms with van der Waals surface area (Å²) >= 11 is 5.88. The van der Waals surface area contributed by atoms with E-state index < -0.39 is 5.60 Å². The fourth-order valence-corrected chi connectivity index (χ4v) is 2.30. The number of urea groups is 1. The first kappa shape index (κ1) is 15.9. The van der Waals surface area contributed by atoms with Crippen molar-refractivity contribution in [3.05, 3.63) is 29.3 Å². The van der Waals surface area contributed by atoms with Gasteiger partial charge in [0, 0.05) is 11.6 Å². The van der Waals surface area contributed by atoms with Crippen molar-refractivity contribution < 1.29 is 14.6 Å². The highest BCUT2D eigenvalue weighted by molar-refractivity contribution is 6.30. The molecule has 21 heavy (non-hydrogen) atoms. The molecule has 1 saturated carbocycles. The zero-order valence-electron chi connectivity index (χ0n) is 12.1. The Morgan fingerprint density at radius 2 is 2.24 bits per heavy atom. The second kappa shape index (κ2) is 7.00. The lowest BCUT2D eigenvalue weighted by molar-refractivity contribution is -0.0290. The van der Waals surface area contributed by atoms with E-state index in [1.807, 2.05) is 19.1 Å². The van der Waals surface area contributed by atoms with Gasteiger partial charge in [-0.15, -0.1) is 0 Å². The monoisotopic (exact) mass is 312 g/mol. The van der Waals surface area contributed by atoms with E-state index in [0.29, 0.717) is 23.9 Å². The lowest BCUT2D eigenvalue weighted by Crippen LogP contribution is -2.50. The van der Waals surface area contributed by atoms with Crippen molar-refractivity contribution in [3.63, 3.8) is 0 Å². The summed E-state index contributed by atoms with van der Waals surface area (Å²) in [7, 11) is 0. The number of ether oxygens (including phenoxy) is 1. The topological polar surface area (TPSA) is 70.6 Å². The lowest BCUT2D eigenvalue weighted by Gasteiger charge is -2.36. The van der Waals surface area contributed by atoms with E-state index in [-0.39, 0.29) is 12.1 Å². The Morgan fingerprint density at radius 1 is 1.48 bits per heavy atom. The van der Waals surface area contributed by atoms with Gasteiger partial charge in [-0.1, -0.05) is 17.7 Å². The normalized spacial score (nSPS) is 17.5. The molecule has 0 heterocycles. The number of aliphatic hydroxyl groups is 1. The SMILES string of the molecule is CC(CNC(=O)NCC1(O)CCC1)Oc1cccc(Cl)c1. The van der Waals surface area contributed by atoms with Gasteiger partial charge in [0.2, 0.25) is 0 Å². The molecule has 0 aliphatic heterocycles. The minimum atomic E-state index is -0.708. The summed E-state index contributed by atoms with van der Waals surface area (Å²) in [5, 5.41) is 15.9. The largest absolute Gasteiger partial charge is 0.489 e. The van der Waals surface area contributed by atoms with Gasteiger partial charge in [0.05, 0.1) is 12.1 Å². The van der Waals surface area contributed by atoms with Crippen molar-refractivity contribution in [2.45, 2.75) is 37.9 Å². The highest BCUT2D eigenvalue weighted by atomic mass is 35.5. The highest BCUT2D eigenvalue weighted by Crippen LogP contribution is 2.30. The van der Waals surface area contributed by atoms with Crippen LogP contribution in [-0.2, 0) is 0 Å². The standard InChI is InChI=1S/C15H21ClN2O3/c1-11(21-13-5-2-4-12(16)8-13)9-17-14(19)18-10-15(20)6-3-7-15/h2,4-5,8,11,20H,3,6-7,9-10H2,1H3,(H2,17,18,19). The van der Waals surface area contributed by atoms with Crippen molar-refractivity contribution in [3.8, 4) is 5.75 Å². The summed E-state index contributed by atoms with van der Waals surface area (Å²) in [6, 6.07) is 6.83. The summed E-state index contributed by atoms with van der Waals surface area (Å²) < 4.78 is 5.65. The molecule has 2 amide bonds. The van der Waals surface area contributed by atoms with Gasteiger partial charge < -0.3 is 20.5 Å². The van der Waals surface area contributed by atoms with E-state index in [0.717, 1.165) is 19.3 Å². The Bertz CT molecular complexity index is 492. The summed E-state index contributed by atoms with van der Waals surface area (Å²) in [4.78, 5) is 11.6. The van der Waals surface area contributed by atoms with Crippen LogP contribution in [0, 0.1) is 0 Å². The molecule has 0 spiro atoms. The fourth-order valence-electron chi connectivity index (χ4n) is 2.12. The van der Waals surface area contributed by atoms with Crippen molar-refractivity contribution in [1.82, 2.24) is 10.6 Å². The molecule has 0 bridgehead atoms. The zero-order chi connectivity index (χ0) is 15.3. The lowest BCUT2D eigenvalue weighted by atomic mass is 9.80. The van der Waals surface area contributed by atoms with Crippen LogP contribution < -0.4 is 15.4 Å². The van der Waals surface area contributed by atoms with E-state index in [9.17, 15) is 9.90 Å². The van der Waals surface area contributed by atoms with E-state index >= 15 is 0 Å². The van der Waals surface area contributed by atoms with Gasteiger partial charge in [0.25, 0.3) is 0 Å². The van der Waals surface area contributed by atoms with Gasteiger partial charge >= 0.3 is 6.03 Å². The molecule has 0 radical (unpaired) electrons. The quantitative estimate of drug-likeness (QED) is 0.755. The third-order valence-electron chi connectivity index (χ3n) is 3.55. The molecule has 116 valence electrons. The van der Waals surface area contributed by atoms with Gasteiger partial charge in [-0.2, -0.15) is 0 Å². The molecular weight excluding hydrogens is 292 g/mol. The average molecular weight is 313 g/mol. The van der Waals surface area contributed by atoms with E-state index in [2.05, 4.69) is 10.6 Å². The molecule has 1 unspecified atom stereocenters. The molecule has 1 aliphatic carbocycles. The molecule has 1 atom stereocenters. The molecule has 3 N–H and O–H groups in total. The number of benzene rings is 1. The van der Waals surface area contributed by atoms with Crippen LogP contribution in [0.1, 0.15) is 26.2 Å². The van der Waals surface area contributed by atoms with Crippen LogP contribution >= 0.6 is 11.6 Å². The molecule has 1 aliphatic rings. The Hall–Kier alpha value is -1.46. The van der Waals surface area contributed by atoms with Crippen molar-refractivity contribution in [2.75, 3.05) is 13.1 Å². The highest BCUT2D eigenvalue weighted by Gasteiger charge is 2.34. The summed E-state index contributed by atoms with van der Waals surface area (Å²) in [5.74, 6) is 0.668. The van der Waals surface area contributed by atoms with E-state index in [4.69, 9.17) is 16.3 Å². The molecule has 6 heteroatoms. The van der Waals surface area contributed by atoms with Gasteiger partial charge in [0.1, 0.15) is 11.9 Å². The van der Waals surface area contributed by atoms with Gasteiger partial charge in [-0.25, -0.2) is 4.79 Å². The molecule has 5 nitrogen and oxygen atoms in total. The van der Waals surface area contributed by atoms with Gasteiger partial charge in [-0.3, -0.25) is 0 Å². The third kappa shape index (κ3) is 5.10. The Labute approximate surface area is 129 Å². The zero-order valence-corrected chi connectivity index (χ0v) is 12.8. The molecular formula is C15H21ClN2O3. The first-order valence-electron chi connectivity index (χ1n) is 7.13. The number of nitrogens with one attached hydrogen (secondary N) is 2. The van der Waals surface area contributed by atoms with Gasteiger partial charge in [0.15, 0.2) is 0 Å². The van der Waals surface area contributed by atoms with Crippen molar-refractivity contribution >= 4 is 17.6 Å². The van der Waals surface area contributed by atoms with Crippen LogP contribution in [0.3, 0.4) is 0 Å². The maximum Gasteiger partial charge on any atom is 0.315 e. The number of carbonyl (C=O) groups excluding carboxylic acids is 1. The second-order valence-electron chi connectivity index (χ2n) is 5.53. The van der Waals surface area contributed by atoms with Crippen LogP contribution in [0.5, 0.6) is 5.75 Å². The van der Waals surface area contributed by atoms with E-state index in [1.165, 1.54) is 0 Å². The van der Waals surface area contributed by atoms with Crippen LogP contribution in [0.4, 0.5) is 4.79 Å². The Balaban J connectivity index is 1.66. The number of carbonyl (C=O) groups is 1. The maximum absolute atomic E-state index is 11.6. The van der Waals surface area contributed by atoms with Crippen molar-refractivity contribution in [1.29, 1.82) is 0 Å². The predicted octanol–water partition coefficient (Wildman–Crippen LogP) is 2.32. The first-order valence-corrected chi connectivity index (χ1v) is 7.51. The number of hydrogen-bond acceptors (Lipinski definition) is 3. The summed E-state index contributed by atoms with van der Waals surface area (Å²) in [6.45, 7) is 2.53. The van der Waals surface area contributed by atoms with E-state index in [1.54, 1.807) is 12.1 Å². The van der Waals surface area contributed by atoms with Crippen LogP contribution in [0.15, 0.2) is 24.3 Å². The average Bonchev–Trinajstić information content (AvgIpc) is 2.41. The molecule has 1 aromatic carbocycles. The van der Waals surface area contributed by atoms with Gasteiger partial charge in [-0.05, 0) is 44.4 Å². The number of rotatable bonds is 6. The fraction of sp³-hybridized carbons (Fsp3) is 0.533. The molecule has 1 fully saturated rings. The summed E-state index contributed by atoms with van der Waals surface area (Å²) in [6.07, 6.45) is 2.34. The maximum atomic E-state index is 11.6.